The van der Waals surface area contributed by atoms with Crippen molar-refractivity contribution in [1.82, 2.24) is 4.98 Å². The van der Waals surface area contributed by atoms with Crippen LogP contribution in [0.5, 0.6) is 0 Å². The van der Waals surface area contributed by atoms with Crippen LogP contribution in [0, 0.1) is 5.82 Å². The van der Waals surface area contributed by atoms with Gasteiger partial charge in [0.2, 0.25) is 0 Å². The lowest BCUT2D eigenvalue weighted by Gasteiger charge is -2.14. The van der Waals surface area contributed by atoms with Gasteiger partial charge >= 0.3 is 0 Å². The average Bonchev–Trinajstić information content (AvgIpc) is 2.28. The van der Waals surface area contributed by atoms with E-state index in [9.17, 15) is 4.39 Å². The molecule has 2 N–H and O–H groups in total. The first-order valence-corrected chi connectivity index (χ1v) is 5.92. The first kappa shape index (κ1) is 11.8. The fourth-order valence-electron chi connectivity index (χ4n) is 2.21. The minimum atomic E-state index is -0.159. The van der Waals surface area contributed by atoms with E-state index in [1.54, 1.807) is 12.1 Å². The van der Waals surface area contributed by atoms with E-state index in [-0.39, 0.29) is 11.7 Å². The van der Waals surface area contributed by atoms with Gasteiger partial charge in [0.25, 0.3) is 0 Å². The van der Waals surface area contributed by atoms with E-state index in [1.807, 2.05) is 20.8 Å². The predicted octanol–water partition coefficient (Wildman–Crippen LogP) is 3.64. The number of halogens is 1. The minimum absolute atomic E-state index is 0.159. The van der Waals surface area contributed by atoms with Crippen molar-refractivity contribution in [3.63, 3.8) is 0 Å². The molecule has 2 nitrogen and oxygen atoms in total. The number of aryl methyl sites for hydroxylation is 1. The highest BCUT2D eigenvalue weighted by atomic mass is 19.1. The molecule has 0 aliphatic rings. The van der Waals surface area contributed by atoms with Gasteiger partial charge in [-0.1, -0.05) is 26.8 Å². The van der Waals surface area contributed by atoms with Gasteiger partial charge in [-0.25, -0.2) is 9.37 Å². The number of hydrogen-bond donors (Lipinski definition) is 1. The van der Waals surface area contributed by atoms with Crippen molar-refractivity contribution in [2.75, 3.05) is 5.73 Å². The predicted molar refractivity (Wildman–Crippen MR) is 69.6 cm³/mol. The molecular weight excluding hydrogens is 215 g/mol. The molecule has 0 aliphatic carbocycles. The van der Waals surface area contributed by atoms with Crippen molar-refractivity contribution in [1.29, 1.82) is 0 Å². The summed E-state index contributed by atoms with van der Waals surface area (Å²) in [7, 11) is 0. The maximum Gasteiger partial charge on any atom is 0.127 e. The van der Waals surface area contributed by atoms with Gasteiger partial charge in [0.05, 0.1) is 5.69 Å². The van der Waals surface area contributed by atoms with E-state index in [1.165, 1.54) is 6.07 Å². The smallest absolute Gasteiger partial charge is 0.127 e. The lowest BCUT2D eigenvalue weighted by atomic mass is 9.96. The molecule has 17 heavy (non-hydrogen) atoms. The third-order valence-electron chi connectivity index (χ3n) is 3.00. The molecule has 0 radical (unpaired) electrons. The molecule has 2 rings (SSSR count). The highest BCUT2D eigenvalue weighted by Gasteiger charge is 2.14. The van der Waals surface area contributed by atoms with Crippen LogP contribution in [0.15, 0.2) is 18.2 Å². The van der Waals surface area contributed by atoms with Crippen LogP contribution in [0.3, 0.4) is 0 Å². The second-order valence-electron chi connectivity index (χ2n) is 4.56. The van der Waals surface area contributed by atoms with Gasteiger partial charge in [-0.3, -0.25) is 0 Å². The van der Waals surface area contributed by atoms with Crippen molar-refractivity contribution < 1.29 is 4.39 Å². The lowest BCUT2D eigenvalue weighted by molar-refractivity contribution is 0.614. The molecule has 0 unspecified atom stereocenters. The normalized spacial score (nSPS) is 11.4. The van der Waals surface area contributed by atoms with Gasteiger partial charge in [-0.05, 0) is 35.4 Å². The Morgan fingerprint density at radius 3 is 2.65 bits per heavy atom. The molecule has 1 aromatic heterocycles. The number of nitrogens with zero attached hydrogens (tertiary/aromatic N) is 1. The van der Waals surface area contributed by atoms with Crippen molar-refractivity contribution in [2.45, 2.75) is 33.1 Å². The van der Waals surface area contributed by atoms with Gasteiger partial charge in [-0.15, -0.1) is 0 Å². The van der Waals surface area contributed by atoms with Gasteiger partial charge in [0.1, 0.15) is 11.6 Å². The van der Waals surface area contributed by atoms with Crippen LogP contribution in [0.2, 0.25) is 0 Å². The molecule has 0 spiro atoms. The summed E-state index contributed by atoms with van der Waals surface area (Å²) in [5, 5.41) is 1.90. The summed E-state index contributed by atoms with van der Waals surface area (Å²) in [4.78, 5) is 4.36. The number of nitrogens with two attached hydrogens (primary N) is 1. The van der Waals surface area contributed by atoms with Crippen molar-refractivity contribution >= 4 is 16.6 Å². The van der Waals surface area contributed by atoms with Crippen LogP contribution in [0.25, 0.3) is 10.8 Å². The number of benzene rings is 1. The number of rotatable bonds is 2. The van der Waals surface area contributed by atoms with Crippen molar-refractivity contribution in [2.24, 2.45) is 0 Å². The molecule has 1 aromatic carbocycles. The van der Waals surface area contributed by atoms with Crippen LogP contribution in [-0.4, -0.2) is 4.98 Å². The Bertz CT molecular complexity index is 562. The summed E-state index contributed by atoms with van der Waals surface area (Å²) >= 11 is 0. The lowest BCUT2D eigenvalue weighted by Crippen LogP contribution is -2.02. The van der Waals surface area contributed by atoms with E-state index in [4.69, 9.17) is 5.73 Å². The quantitative estimate of drug-likeness (QED) is 0.858. The SMILES string of the molecule is CCc1c(F)ccc2cc(N)nc(C(C)C)c12. The number of nitrogen functional groups attached to an aromatic ring is 1. The monoisotopic (exact) mass is 232 g/mol. The molecule has 0 fully saturated rings. The molecule has 0 amide bonds. The number of anilines is 1. The molecule has 3 heteroatoms. The van der Waals surface area contributed by atoms with Crippen molar-refractivity contribution in [3.05, 3.63) is 35.3 Å². The summed E-state index contributed by atoms with van der Waals surface area (Å²) in [6.07, 6.45) is 0.661. The largest absolute Gasteiger partial charge is 0.384 e. The molecule has 0 bridgehead atoms. The number of aromatic nitrogens is 1. The topological polar surface area (TPSA) is 38.9 Å². The zero-order valence-corrected chi connectivity index (χ0v) is 10.4. The van der Waals surface area contributed by atoms with Crippen molar-refractivity contribution in [3.8, 4) is 0 Å². The summed E-state index contributed by atoms with van der Waals surface area (Å²) in [5.41, 5.74) is 7.41. The fraction of sp³-hybridized carbons (Fsp3) is 0.357. The van der Waals surface area contributed by atoms with Crippen LogP contribution in [0.4, 0.5) is 10.2 Å². The van der Waals surface area contributed by atoms with Gasteiger partial charge in [0, 0.05) is 5.39 Å². The molecule has 0 atom stereocenters. The van der Waals surface area contributed by atoms with E-state index < -0.39 is 0 Å². The highest BCUT2D eigenvalue weighted by Crippen LogP contribution is 2.30. The Hall–Kier alpha value is -1.64. The third kappa shape index (κ3) is 1.97. The van der Waals surface area contributed by atoms with Crippen LogP contribution in [-0.2, 0) is 6.42 Å². The van der Waals surface area contributed by atoms with E-state index in [2.05, 4.69) is 4.98 Å². The minimum Gasteiger partial charge on any atom is -0.384 e. The highest BCUT2D eigenvalue weighted by molar-refractivity contribution is 5.90. The van der Waals surface area contributed by atoms with Gasteiger partial charge in [0.15, 0.2) is 0 Å². The maximum atomic E-state index is 13.8. The zero-order chi connectivity index (χ0) is 12.6. The Morgan fingerprint density at radius 2 is 2.06 bits per heavy atom. The second kappa shape index (κ2) is 4.32. The molecule has 2 aromatic rings. The Kier molecular flexibility index (Phi) is 3.01. The van der Waals surface area contributed by atoms with Gasteiger partial charge in [-0.2, -0.15) is 0 Å². The third-order valence-corrected chi connectivity index (χ3v) is 3.00. The molecule has 0 saturated heterocycles. The summed E-state index contributed by atoms with van der Waals surface area (Å²) in [5.74, 6) is 0.566. The zero-order valence-electron chi connectivity index (χ0n) is 10.4. The fourth-order valence-corrected chi connectivity index (χ4v) is 2.21. The van der Waals surface area contributed by atoms with Crippen LogP contribution < -0.4 is 5.73 Å². The first-order valence-electron chi connectivity index (χ1n) is 5.92. The molecule has 1 heterocycles. The standard InChI is InChI=1S/C14H17FN2/c1-4-10-11(15)6-5-9-7-12(16)17-14(8(2)3)13(9)10/h5-8H,4H2,1-3H3,(H2,16,17). The first-order chi connectivity index (χ1) is 8.04. The Balaban J connectivity index is 2.91. The number of fused-ring (bicyclic) bond motifs is 1. The second-order valence-corrected chi connectivity index (χ2v) is 4.56. The van der Waals surface area contributed by atoms with E-state index >= 15 is 0 Å². The molecule has 90 valence electrons. The molecule has 0 saturated carbocycles. The number of hydrogen-bond acceptors (Lipinski definition) is 2. The van der Waals surface area contributed by atoms with Gasteiger partial charge < -0.3 is 5.73 Å². The Labute approximate surface area is 101 Å². The van der Waals surface area contributed by atoms with Crippen LogP contribution in [0.1, 0.15) is 37.9 Å². The summed E-state index contributed by atoms with van der Waals surface area (Å²) < 4.78 is 13.8. The Morgan fingerprint density at radius 1 is 1.35 bits per heavy atom. The van der Waals surface area contributed by atoms with E-state index in [0.717, 1.165) is 22.0 Å². The molecule has 0 aliphatic heterocycles. The maximum absolute atomic E-state index is 13.8. The average molecular weight is 232 g/mol. The summed E-state index contributed by atoms with van der Waals surface area (Å²) in [6.45, 7) is 6.05. The molecular formula is C14H17FN2. The summed E-state index contributed by atoms with van der Waals surface area (Å²) in [6, 6.07) is 5.08. The van der Waals surface area contributed by atoms with E-state index in [0.29, 0.717) is 12.2 Å². The number of pyridine rings is 1. The van der Waals surface area contributed by atoms with Crippen LogP contribution >= 0.6 is 0 Å².